The molecule has 0 N–H and O–H groups in total. The van der Waals surface area contributed by atoms with Crippen LogP contribution in [0.1, 0.15) is 32.5 Å². The van der Waals surface area contributed by atoms with Gasteiger partial charge in [-0.2, -0.15) is 5.10 Å². The van der Waals surface area contributed by atoms with E-state index in [4.69, 9.17) is 11.6 Å². The zero-order valence-electron chi connectivity index (χ0n) is 10.4. The van der Waals surface area contributed by atoms with E-state index in [0.29, 0.717) is 11.9 Å². The lowest BCUT2D eigenvalue weighted by Crippen LogP contribution is -2.36. The standard InChI is InChI=1S/C11H21ClN4/c1-4-10(5-2)16(7-6-12)8-11-13-9-14-15(11)3/h9-10H,4-8H2,1-3H3. The summed E-state index contributed by atoms with van der Waals surface area (Å²) in [6.07, 6.45) is 3.89. The fourth-order valence-electron chi connectivity index (χ4n) is 1.95. The Balaban J connectivity index is 2.67. The Labute approximate surface area is 103 Å². The van der Waals surface area contributed by atoms with Crippen molar-refractivity contribution in [2.45, 2.75) is 39.3 Å². The summed E-state index contributed by atoms with van der Waals surface area (Å²) >= 11 is 5.85. The molecule has 1 rings (SSSR count). The van der Waals surface area contributed by atoms with E-state index < -0.39 is 0 Å². The largest absolute Gasteiger partial charge is 0.292 e. The highest BCUT2D eigenvalue weighted by Crippen LogP contribution is 2.12. The molecule has 0 radical (unpaired) electrons. The molecule has 0 aliphatic heterocycles. The average molecular weight is 245 g/mol. The van der Waals surface area contributed by atoms with Crippen molar-refractivity contribution in [3.05, 3.63) is 12.2 Å². The van der Waals surface area contributed by atoms with Crippen LogP contribution in [-0.2, 0) is 13.6 Å². The van der Waals surface area contributed by atoms with Gasteiger partial charge in [-0.05, 0) is 12.8 Å². The molecule has 1 heterocycles. The highest BCUT2D eigenvalue weighted by atomic mass is 35.5. The first-order chi connectivity index (χ1) is 7.72. The summed E-state index contributed by atoms with van der Waals surface area (Å²) in [4.78, 5) is 6.64. The second-order valence-electron chi connectivity index (χ2n) is 3.93. The quantitative estimate of drug-likeness (QED) is 0.689. The third-order valence-corrected chi connectivity index (χ3v) is 3.15. The molecule has 0 aromatic carbocycles. The van der Waals surface area contributed by atoms with Crippen molar-refractivity contribution in [1.29, 1.82) is 0 Å². The zero-order chi connectivity index (χ0) is 12.0. The van der Waals surface area contributed by atoms with Crippen molar-refractivity contribution in [2.75, 3.05) is 12.4 Å². The molecule has 0 saturated heterocycles. The van der Waals surface area contributed by atoms with Gasteiger partial charge in [-0.25, -0.2) is 4.98 Å². The molecular formula is C11H21ClN4. The van der Waals surface area contributed by atoms with Crippen molar-refractivity contribution in [2.24, 2.45) is 7.05 Å². The Bertz CT molecular complexity index is 296. The van der Waals surface area contributed by atoms with Crippen LogP contribution in [0.15, 0.2) is 6.33 Å². The molecule has 1 aromatic rings. The summed E-state index contributed by atoms with van der Waals surface area (Å²) in [7, 11) is 1.92. The fraction of sp³-hybridized carbons (Fsp3) is 0.818. The first kappa shape index (κ1) is 13.5. The molecule has 92 valence electrons. The van der Waals surface area contributed by atoms with Gasteiger partial charge in [0.15, 0.2) is 0 Å². The average Bonchev–Trinajstić information content (AvgIpc) is 2.66. The second-order valence-corrected chi connectivity index (χ2v) is 4.31. The van der Waals surface area contributed by atoms with Gasteiger partial charge in [0.2, 0.25) is 0 Å². The lowest BCUT2D eigenvalue weighted by atomic mass is 10.1. The summed E-state index contributed by atoms with van der Waals surface area (Å²) in [6, 6.07) is 0.579. The van der Waals surface area contributed by atoms with Crippen LogP contribution in [0.4, 0.5) is 0 Å². The van der Waals surface area contributed by atoms with E-state index >= 15 is 0 Å². The molecule has 0 aliphatic carbocycles. The van der Waals surface area contributed by atoms with Gasteiger partial charge in [0.05, 0.1) is 6.54 Å². The normalized spacial score (nSPS) is 11.6. The van der Waals surface area contributed by atoms with Crippen LogP contribution < -0.4 is 0 Å². The van der Waals surface area contributed by atoms with Crippen molar-refractivity contribution in [3.8, 4) is 0 Å². The van der Waals surface area contributed by atoms with Gasteiger partial charge in [0.1, 0.15) is 12.2 Å². The van der Waals surface area contributed by atoms with E-state index in [1.165, 1.54) is 0 Å². The van der Waals surface area contributed by atoms with Crippen LogP contribution in [0.2, 0.25) is 0 Å². The summed E-state index contributed by atoms with van der Waals surface area (Å²) in [5, 5.41) is 4.09. The van der Waals surface area contributed by atoms with Gasteiger partial charge >= 0.3 is 0 Å². The van der Waals surface area contributed by atoms with Gasteiger partial charge in [0.25, 0.3) is 0 Å². The molecule has 0 spiro atoms. The number of rotatable bonds is 7. The van der Waals surface area contributed by atoms with E-state index in [9.17, 15) is 0 Å². The Hall–Kier alpha value is -0.610. The molecule has 0 amide bonds. The number of alkyl halides is 1. The molecule has 0 unspecified atom stereocenters. The zero-order valence-corrected chi connectivity index (χ0v) is 11.1. The first-order valence-electron chi connectivity index (χ1n) is 5.85. The number of halogens is 1. The number of hydrogen-bond donors (Lipinski definition) is 0. The Morgan fingerprint density at radius 1 is 1.44 bits per heavy atom. The van der Waals surface area contributed by atoms with Crippen molar-refractivity contribution < 1.29 is 0 Å². The van der Waals surface area contributed by atoms with Gasteiger partial charge in [-0.1, -0.05) is 13.8 Å². The molecule has 5 heteroatoms. The topological polar surface area (TPSA) is 34.0 Å². The maximum atomic E-state index is 5.85. The van der Waals surface area contributed by atoms with E-state index in [2.05, 4.69) is 28.8 Å². The number of aromatic nitrogens is 3. The minimum atomic E-state index is 0.579. The van der Waals surface area contributed by atoms with Gasteiger partial charge < -0.3 is 0 Å². The monoisotopic (exact) mass is 244 g/mol. The predicted molar refractivity (Wildman–Crippen MR) is 66.5 cm³/mol. The highest BCUT2D eigenvalue weighted by molar-refractivity contribution is 6.18. The molecule has 0 atom stereocenters. The maximum absolute atomic E-state index is 5.85. The molecule has 0 fully saturated rings. The van der Waals surface area contributed by atoms with Crippen LogP contribution in [0, 0.1) is 0 Å². The van der Waals surface area contributed by atoms with E-state index in [1.54, 1.807) is 6.33 Å². The molecule has 16 heavy (non-hydrogen) atoms. The Morgan fingerprint density at radius 3 is 2.56 bits per heavy atom. The van der Waals surface area contributed by atoms with Crippen LogP contribution >= 0.6 is 11.6 Å². The molecular weight excluding hydrogens is 224 g/mol. The highest BCUT2D eigenvalue weighted by Gasteiger charge is 2.16. The number of aryl methyl sites for hydroxylation is 1. The lowest BCUT2D eigenvalue weighted by Gasteiger charge is -2.29. The van der Waals surface area contributed by atoms with Gasteiger partial charge in [-0.15, -0.1) is 11.6 Å². The van der Waals surface area contributed by atoms with Crippen LogP contribution in [0.25, 0.3) is 0 Å². The van der Waals surface area contributed by atoms with Gasteiger partial charge in [0, 0.05) is 25.5 Å². The first-order valence-corrected chi connectivity index (χ1v) is 6.39. The summed E-state index contributed by atoms with van der Waals surface area (Å²) < 4.78 is 1.82. The van der Waals surface area contributed by atoms with E-state index in [-0.39, 0.29) is 0 Å². The van der Waals surface area contributed by atoms with Crippen molar-refractivity contribution in [1.82, 2.24) is 19.7 Å². The lowest BCUT2D eigenvalue weighted by molar-refractivity contribution is 0.181. The minimum absolute atomic E-state index is 0.579. The summed E-state index contributed by atoms with van der Waals surface area (Å²) in [5.41, 5.74) is 0. The molecule has 4 nitrogen and oxygen atoms in total. The molecule has 0 saturated carbocycles. The third kappa shape index (κ3) is 3.46. The van der Waals surface area contributed by atoms with Crippen LogP contribution in [-0.4, -0.2) is 38.1 Å². The maximum Gasteiger partial charge on any atom is 0.140 e. The number of nitrogens with zero attached hydrogens (tertiary/aromatic N) is 4. The Morgan fingerprint density at radius 2 is 2.12 bits per heavy atom. The molecule has 1 aromatic heterocycles. The van der Waals surface area contributed by atoms with E-state index in [0.717, 1.165) is 31.8 Å². The fourth-order valence-corrected chi connectivity index (χ4v) is 2.17. The predicted octanol–water partition coefficient (Wildman–Crippen LogP) is 2.04. The van der Waals surface area contributed by atoms with Crippen molar-refractivity contribution >= 4 is 11.6 Å². The Kier molecular flexibility index (Phi) is 5.77. The smallest absolute Gasteiger partial charge is 0.140 e. The van der Waals surface area contributed by atoms with Crippen LogP contribution in [0.3, 0.4) is 0 Å². The number of hydrogen-bond acceptors (Lipinski definition) is 3. The summed E-state index contributed by atoms with van der Waals surface area (Å²) in [6.45, 7) is 6.16. The minimum Gasteiger partial charge on any atom is -0.292 e. The second kappa shape index (κ2) is 6.86. The third-order valence-electron chi connectivity index (χ3n) is 2.98. The SMILES string of the molecule is CCC(CC)N(CCCl)Cc1ncnn1C. The van der Waals surface area contributed by atoms with Crippen LogP contribution in [0.5, 0.6) is 0 Å². The summed E-state index contributed by atoms with van der Waals surface area (Å²) in [5.74, 6) is 1.66. The molecule has 0 bridgehead atoms. The van der Waals surface area contributed by atoms with E-state index in [1.807, 2.05) is 11.7 Å². The van der Waals surface area contributed by atoms with Gasteiger partial charge in [-0.3, -0.25) is 9.58 Å². The van der Waals surface area contributed by atoms with Crippen molar-refractivity contribution in [3.63, 3.8) is 0 Å². The molecule has 0 aliphatic rings.